The number of carbonyl (C=O) groups excluding carboxylic acids is 1. The second-order valence-corrected chi connectivity index (χ2v) is 3.37. The van der Waals surface area contributed by atoms with Crippen LogP contribution in [0.1, 0.15) is 17.4 Å². The lowest BCUT2D eigenvalue weighted by atomic mass is 10.1. The Hall–Kier alpha value is -1.36. The molecule has 0 spiro atoms. The minimum atomic E-state index is 0.0384. The SMILES string of the molecule is CCN(C(=O)c1ccn[nH]1)C1CNC1. The summed E-state index contributed by atoms with van der Waals surface area (Å²) in [6.07, 6.45) is 1.60. The predicted octanol–water partition coefficient (Wildman–Crippen LogP) is -0.156. The van der Waals surface area contributed by atoms with Gasteiger partial charge in [0.25, 0.3) is 5.91 Å². The van der Waals surface area contributed by atoms with E-state index in [1.54, 1.807) is 12.3 Å². The number of amides is 1. The smallest absolute Gasteiger partial charge is 0.272 e. The Kier molecular flexibility index (Phi) is 2.49. The third-order valence-electron chi connectivity index (χ3n) is 2.53. The quantitative estimate of drug-likeness (QED) is 0.703. The molecular weight excluding hydrogens is 180 g/mol. The van der Waals surface area contributed by atoms with Crippen LogP contribution in [0, 0.1) is 0 Å². The van der Waals surface area contributed by atoms with Crippen molar-refractivity contribution in [2.24, 2.45) is 0 Å². The van der Waals surface area contributed by atoms with Gasteiger partial charge in [-0.05, 0) is 13.0 Å². The first-order chi connectivity index (χ1) is 6.83. The molecule has 1 aliphatic rings. The normalized spacial score (nSPS) is 16.4. The second kappa shape index (κ2) is 3.79. The third-order valence-corrected chi connectivity index (χ3v) is 2.53. The molecule has 1 aromatic heterocycles. The molecule has 0 unspecified atom stereocenters. The monoisotopic (exact) mass is 194 g/mol. The van der Waals surface area contributed by atoms with E-state index in [2.05, 4.69) is 15.5 Å². The number of rotatable bonds is 3. The summed E-state index contributed by atoms with van der Waals surface area (Å²) in [7, 11) is 0. The van der Waals surface area contributed by atoms with E-state index in [4.69, 9.17) is 0 Å². The van der Waals surface area contributed by atoms with Crippen molar-refractivity contribution in [3.05, 3.63) is 18.0 Å². The van der Waals surface area contributed by atoms with Crippen molar-refractivity contribution in [1.29, 1.82) is 0 Å². The molecule has 1 fully saturated rings. The highest BCUT2D eigenvalue weighted by Crippen LogP contribution is 2.09. The Morgan fingerprint density at radius 3 is 2.93 bits per heavy atom. The number of hydrogen-bond donors (Lipinski definition) is 2. The molecule has 1 aromatic rings. The minimum absolute atomic E-state index is 0.0384. The van der Waals surface area contributed by atoms with Crippen molar-refractivity contribution in [1.82, 2.24) is 20.4 Å². The highest BCUT2D eigenvalue weighted by molar-refractivity contribution is 5.92. The summed E-state index contributed by atoms with van der Waals surface area (Å²) < 4.78 is 0. The zero-order chi connectivity index (χ0) is 9.97. The van der Waals surface area contributed by atoms with E-state index in [0.29, 0.717) is 11.7 Å². The summed E-state index contributed by atoms with van der Waals surface area (Å²) in [5.41, 5.74) is 0.568. The van der Waals surface area contributed by atoms with Crippen LogP contribution < -0.4 is 5.32 Å². The van der Waals surface area contributed by atoms with Crippen LogP contribution >= 0.6 is 0 Å². The Labute approximate surface area is 82.5 Å². The lowest BCUT2D eigenvalue weighted by Crippen LogP contribution is -2.58. The summed E-state index contributed by atoms with van der Waals surface area (Å²) in [6, 6.07) is 2.05. The first-order valence-corrected chi connectivity index (χ1v) is 4.84. The van der Waals surface area contributed by atoms with Gasteiger partial charge in [0, 0.05) is 25.8 Å². The van der Waals surface area contributed by atoms with Gasteiger partial charge in [-0.15, -0.1) is 0 Å². The van der Waals surface area contributed by atoms with Crippen LogP contribution in [-0.4, -0.2) is 46.7 Å². The van der Waals surface area contributed by atoms with E-state index in [9.17, 15) is 4.79 Å². The van der Waals surface area contributed by atoms with Crippen molar-refractivity contribution in [2.75, 3.05) is 19.6 Å². The predicted molar refractivity (Wildman–Crippen MR) is 52.0 cm³/mol. The van der Waals surface area contributed by atoms with E-state index in [1.807, 2.05) is 11.8 Å². The molecule has 2 N–H and O–H groups in total. The van der Waals surface area contributed by atoms with Gasteiger partial charge in [-0.25, -0.2) is 0 Å². The molecule has 0 saturated carbocycles. The minimum Gasteiger partial charge on any atom is -0.332 e. The molecule has 1 saturated heterocycles. The zero-order valence-electron chi connectivity index (χ0n) is 8.16. The van der Waals surface area contributed by atoms with Crippen LogP contribution in [0.4, 0.5) is 0 Å². The number of nitrogens with zero attached hydrogens (tertiary/aromatic N) is 2. The fraction of sp³-hybridized carbons (Fsp3) is 0.556. The van der Waals surface area contributed by atoms with E-state index >= 15 is 0 Å². The molecule has 0 aromatic carbocycles. The van der Waals surface area contributed by atoms with E-state index in [0.717, 1.165) is 19.6 Å². The molecule has 0 atom stereocenters. The first-order valence-electron chi connectivity index (χ1n) is 4.84. The molecule has 14 heavy (non-hydrogen) atoms. The zero-order valence-corrected chi connectivity index (χ0v) is 8.16. The largest absolute Gasteiger partial charge is 0.332 e. The van der Waals surface area contributed by atoms with Gasteiger partial charge in [-0.2, -0.15) is 5.10 Å². The molecule has 76 valence electrons. The van der Waals surface area contributed by atoms with Crippen molar-refractivity contribution in [2.45, 2.75) is 13.0 Å². The van der Waals surface area contributed by atoms with Gasteiger partial charge in [-0.3, -0.25) is 9.89 Å². The Bertz CT molecular complexity index is 305. The van der Waals surface area contributed by atoms with E-state index in [1.165, 1.54) is 0 Å². The second-order valence-electron chi connectivity index (χ2n) is 3.37. The number of H-pyrrole nitrogens is 1. The lowest BCUT2D eigenvalue weighted by Gasteiger charge is -2.37. The van der Waals surface area contributed by atoms with E-state index in [-0.39, 0.29) is 5.91 Å². The van der Waals surface area contributed by atoms with E-state index < -0.39 is 0 Å². The van der Waals surface area contributed by atoms with Crippen LogP contribution in [-0.2, 0) is 0 Å². The molecule has 2 rings (SSSR count). The summed E-state index contributed by atoms with van der Waals surface area (Å²) in [5.74, 6) is 0.0384. The number of likely N-dealkylation sites (N-methyl/N-ethyl adjacent to an activating group) is 1. The van der Waals surface area contributed by atoms with Gasteiger partial charge >= 0.3 is 0 Å². The molecule has 5 heteroatoms. The molecular formula is C9H14N4O. The fourth-order valence-corrected chi connectivity index (χ4v) is 1.59. The molecule has 0 bridgehead atoms. The summed E-state index contributed by atoms with van der Waals surface area (Å²) >= 11 is 0. The van der Waals surface area contributed by atoms with Gasteiger partial charge in [0.1, 0.15) is 5.69 Å². The van der Waals surface area contributed by atoms with Gasteiger partial charge in [0.2, 0.25) is 0 Å². The average molecular weight is 194 g/mol. The number of aromatic amines is 1. The topological polar surface area (TPSA) is 61.0 Å². The number of hydrogen-bond acceptors (Lipinski definition) is 3. The standard InChI is InChI=1S/C9H14N4O/c1-2-13(7-5-10-6-7)9(14)8-3-4-11-12-8/h3-4,7,10H,2,5-6H2,1H3,(H,11,12). The van der Waals surface area contributed by atoms with Crippen LogP contribution in [0.25, 0.3) is 0 Å². The number of aromatic nitrogens is 2. The van der Waals surface area contributed by atoms with Crippen LogP contribution in [0.5, 0.6) is 0 Å². The molecule has 2 heterocycles. The molecule has 1 aliphatic heterocycles. The molecule has 0 radical (unpaired) electrons. The van der Waals surface area contributed by atoms with Crippen LogP contribution in [0.2, 0.25) is 0 Å². The van der Waals surface area contributed by atoms with Gasteiger partial charge in [0.15, 0.2) is 0 Å². The van der Waals surface area contributed by atoms with Crippen LogP contribution in [0.3, 0.4) is 0 Å². The van der Waals surface area contributed by atoms with Gasteiger partial charge in [0.05, 0.1) is 6.04 Å². The Morgan fingerprint density at radius 2 is 2.50 bits per heavy atom. The number of carbonyl (C=O) groups is 1. The fourth-order valence-electron chi connectivity index (χ4n) is 1.59. The van der Waals surface area contributed by atoms with Gasteiger partial charge in [-0.1, -0.05) is 0 Å². The first kappa shape index (κ1) is 9.21. The molecule has 1 amide bonds. The van der Waals surface area contributed by atoms with Crippen molar-refractivity contribution >= 4 is 5.91 Å². The Morgan fingerprint density at radius 1 is 1.71 bits per heavy atom. The average Bonchev–Trinajstić information content (AvgIpc) is 2.62. The van der Waals surface area contributed by atoms with Crippen molar-refractivity contribution < 1.29 is 4.79 Å². The van der Waals surface area contributed by atoms with Crippen molar-refractivity contribution in [3.8, 4) is 0 Å². The maximum atomic E-state index is 11.9. The number of nitrogens with one attached hydrogen (secondary N) is 2. The van der Waals surface area contributed by atoms with Gasteiger partial charge < -0.3 is 10.2 Å². The summed E-state index contributed by atoms with van der Waals surface area (Å²) in [6.45, 7) is 4.53. The highest BCUT2D eigenvalue weighted by atomic mass is 16.2. The lowest BCUT2D eigenvalue weighted by molar-refractivity contribution is 0.0624. The highest BCUT2D eigenvalue weighted by Gasteiger charge is 2.28. The summed E-state index contributed by atoms with van der Waals surface area (Å²) in [5, 5.41) is 9.62. The maximum absolute atomic E-state index is 11.9. The van der Waals surface area contributed by atoms with Crippen LogP contribution in [0.15, 0.2) is 12.3 Å². The Balaban J connectivity index is 2.08. The summed E-state index contributed by atoms with van der Waals surface area (Å²) in [4.78, 5) is 13.8. The molecule has 0 aliphatic carbocycles. The maximum Gasteiger partial charge on any atom is 0.272 e. The third kappa shape index (κ3) is 1.50. The molecule has 5 nitrogen and oxygen atoms in total. The van der Waals surface area contributed by atoms with Crippen molar-refractivity contribution in [3.63, 3.8) is 0 Å².